The third kappa shape index (κ3) is 9.11. The number of amides is 4. The van der Waals surface area contributed by atoms with Gasteiger partial charge in [0.15, 0.2) is 11.6 Å². The maximum absolute atomic E-state index is 13.7. The number of hydrogen-bond donors (Lipinski definition) is 5. The second-order valence-corrected chi connectivity index (χ2v) is 13.9. The van der Waals surface area contributed by atoms with E-state index in [1.54, 1.807) is 54.3 Å². The summed E-state index contributed by atoms with van der Waals surface area (Å²) < 4.78 is 0. The number of nitrogens with one attached hydrogen (secondary N) is 4. The van der Waals surface area contributed by atoms with Gasteiger partial charge in [0.2, 0.25) is 23.6 Å². The molecule has 1 saturated heterocycles. The first kappa shape index (κ1) is 37.2. The summed E-state index contributed by atoms with van der Waals surface area (Å²) in [5.41, 5.74) is 8.03. The van der Waals surface area contributed by atoms with Crippen molar-refractivity contribution in [3.05, 3.63) is 64.7 Å². The number of benzene rings is 2. The standard InChI is InChI=1S/C37H50N6O6/c1-21(2)19-27(38)35(47)41-23(5)34(46)42-29(20-22(3)4)37(49)43-18-9-15-30(43)36(48)40-17-10-16-39-28-14-8-13-26-31(28)33(45)25-12-7-6-11-24(25)32(26)44/h6-8,11-14,21-23,27,29-30,39H,9-10,15-20,38H2,1-5H3,(H,40,48)(H,41,47)(H,42,46)/t23-,27-,29-,30-/m0/s1. The van der Waals surface area contributed by atoms with Gasteiger partial charge < -0.3 is 31.9 Å². The molecule has 0 unspecified atom stereocenters. The fraction of sp³-hybridized carbons (Fsp3) is 0.514. The Labute approximate surface area is 288 Å². The molecule has 2 aromatic carbocycles. The Morgan fingerprint density at radius 1 is 0.816 bits per heavy atom. The summed E-state index contributed by atoms with van der Waals surface area (Å²) >= 11 is 0. The SMILES string of the molecule is CC(C)C[C@H](NC(=O)[C@H](C)NC(=O)[C@@H](N)CC(C)C)C(=O)N1CCC[C@H]1C(=O)NCCCNc1cccc2c1C(=O)c1ccccc1C2=O. The van der Waals surface area contributed by atoms with Crippen molar-refractivity contribution in [3.63, 3.8) is 0 Å². The fourth-order valence-electron chi connectivity index (χ4n) is 6.43. The molecular weight excluding hydrogens is 624 g/mol. The Hall–Kier alpha value is -4.58. The number of carbonyl (C=O) groups is 6. The number of hydrogen-bond acceptors (Lipinski definition) is 8. The summed E-state index contributed by atoms with van der Waals surface area (Å²) in [4.78, 5) is 80.4. The molecule has 0 spiro atoms. The molecule has 4 atom stereocenters. The second-order valence-electron chi connectivity index (χ2n) is 13.9. The molecule has 0 aromatic heterocycles. The molecule has 49 heavy (non-hydrogen) atoms. The van der Waals surface area contributed by atoms with E-state index in [0.29, 0.717) is 79.7 Å². The smallest absolute Gasteiger partial charge is 0.245 e. The summed E-state index contributed by atoms with van der Waals surface area (Å²) in [5, 5.41) is 11.6. The fourth-order valence-corrected chi connectivity index (χ4v) is 6.43. The van der Waals surface area contributed by atoms with E-state index in [-0.39, 0.29) is 35.2 Å². The minimum Gasteiger partial charge on any atom is -0.384 e. The van der Waals surface area contributed by atoms with Crippen LogP contribution in [-0.2, 0) is 19.2 Å². The average Bonchev–Trinajstić information content (AvgIpc) is 3.56. The van der Waals surface area contributed by atoms with Crippen LogP contribution in [0, 0.1) is 11.8 Å². The van der Waals surface area contributed by atoms with Crippen molar-refractivity contribution in [2.45, 2.75) is 90.9 Å². The third-order valence-electron chi connectivity index (χ3n) is 8.90. The maximum atomic E-state index is 13.7. The van der Waals surface area contributed by atoms with Crippen LogP contribution in [0.15, 0.2) is 42.5 Å². The van der Waals surface area contributed by atoms with Crippen LogP contribution in [0.2, 0.25) is 0 Å². The largest absolute Gasteiger partial charge is 0.384 e. The van der Waals surface area contributed by atoms with Gasteiger partial charge in [-0.15, -0.1) is 0 Å². The Balaban J connectivity index is 1.30. The molecule has 1 heterocycles. The lowest BCUT2D eigenvalue weighted by molar-refractivity contribution is -0.142. The van der Waals surface area contributed by atoms with Gasteiger partial charge in [-0.3, -0.25) is 28.8 Å². The zero-order valence-electron chi connectivity index (χ0n) is 29.1. The minimum absolute atomic E-state index is 0.0828. The van der Waals surface area contributed by atoms with Gasteiger partial charge in [-0.05, 0) is 56.9 Å². The van der Waals surface area contributed by atoms with Crippen molar-refractivity contribution in [2.75, 3.05) is 25.0 Å². The van der Waals surface area contributed by atoms with Crippen molar-refractivity contribution >= 4 is 40.9 Å². The van der Waals surface area contributed by atoms with Gasteiger partial charge in [0.05, 0.1) is 11.6 Å². The molecule has 0 radical (unpaired) electrons. The molecule has 12 nitrogen and oxygen atoms in total. The van der Waals surface area contributed by atoms with E-state index in [0.717, 1.165) is 0 Å². The topological polar surface area (TPSA) is 180 Å². The van der Waals surface area contributed by atoms with E-state index in [1.165, 1.54) is 0 Å². The molecular formula is C37H50N6O6. The van der Waals surface area contributed by atoms with Gasteiger partial charge in [-0.25, -0.2) is 0 Å². The normalized spacial score (nSPS) is 17.2. The number of carbonyl (C=O) groups excluding carboxylic acids is 6. The molecule has 0 saturated carbocycles. The highest BCUT2D eigenvalue weighted by Gasteiger charge is 2.38. The lowest BCUT2D eigenvalue weighted by Gasteiger charge is -2.30. The first-order valence-electron chi connectivity index (χ1n) is 17.3. The van der Waals surface area contributed by atoms with E-state index in [9.17, 15) is 28.8 Å². The van der Waals surface area contributed by atoms with Crippen LogP contribution in [-0.4, -0.2) is 83.9 Å². The van der Waals surface area contributed by atoms with Crippen molar-refractivity contribution in [2.24, 2.45) is 17.6 Å². The van der Waals surface area contributed by atoms with Crippen LogP contribution >= 0.6 is 0 Å². The number of ketones is 2. The van der Waals surface area contributed by atoms with Gasteiger partial charge >= 0.3 is 0 Å². The van der Waals surface area contributed by atoms with Crippen molar-refractivity contribution in [3.8, 4) is 0 Å². The molecule has 1 aliphatic heterocycles. The molecule has 4 rings (SSSR count). The van der Waals surface area contributed by atoms with E-state index < -0.39 is 36.0 Å². The van der Waals surface area contributed by atoms with E-state index >= 15 is 0 Å². The predicted octanol–water partition coefficient (Wildman–Crippen LogP) is 2.78. The van der Waals surface area contributed by atoms with Crippen LogP contribution < -0.4 is 27.0 Å². The summed E-state index contributed by atoms with van der Waals surface area (Å²) in [7, 11) is 0. The maximum Gasteiger partial charge on any atom is 0.245 e. The van der Waals surface area contributed by atoms with E-state index in [1.807, 2.05) is 27.7 Å². The zero-order valence-corrected chi connectivity index (χ0v) is 29.1. The van der Waals surface area contributed by atoms with Gasteiger partial charge in [0, 0.05) is 42.0 Å². The van der Waals surface area contributed by atoms with Gasteiger partial charge in [-0.2, -0.15) is 0 Å². The highest BCUT2D eigenvalue weighted by Crippen LogP contribution is 2.32. The van der Waals surface area contributed by atoms with Crippen LogP contribution in [0.4, 0.5) is 5.69 Å². The molecule has 12 heteroatoms. The minimum atomic E-state index is -0.893. The highest BCUT2D eigenvalue weighted by atomic mass is 16.2. The van der Waals surface area contributed by atoms with Crippen molar-refractivity contribution in [1.82, 2.24) is 20.9 Å². The van der Waals surface area contributed by atoms with Crippen LogP contribution in [0.3, 0.4) is 0 Å². The number of nitrogens with zero attached hydrogens (tertiary/aromatic N) is 1. The summed E-state index contributed by atoms with van der Waals surface area (Å²) in [6, 6.07) is 8.81. The molecule has 4 amide bonds. The van der Waals surface area contributed by atoms with Gasteiger partial charge in [-0.1, -0.05) is 64.1 Å². The highest BCUT2D eigenvalue weighted by molar-refractivity contribution is 6.30. The van der Waals surface area contributed by atoms with E-state index in [2.05, 4.69) is 21.3 Å². The lowest BCUT2D eigenvalue weighted by Crippen LogP contribution is -2.57. The molecule has 2 aliphatic rings. The van der Waals surface area contributed by atoms with Crippen LogP contribution in [0.5, 0.6) is 0 Å². The number of anilines is 1. The first-order chi connectivity index (χ1) is 23.3. The molecule has 6 N–H and O–H groups in total. The quantitative estimate of drug-likeness (QED) is 0.153. The van der Waals surface area contributed by atoms with Crippen molar-refractivity contribution in [1.29, 1.82) is 0 Å². The molecule has 1 fully saturated rings. The number of nitrogens with two attached hydrogens (primary N) is 1. The Morgan fingerprint density at radius 2 is 1.47 bits per heavy atom. The van der Waals surface area contributed by atoms with Crippen LogP contribution in [0.1, 0.15) is 98.6 Å². The zero-order chi connectivity index (χ0) is 35.8. The molecule has 0 bridgehead atoms. The summed E-state index contributed by atoms with van der Waals surface area (Å²) in [6.07, 6.45) is 2.55. The summed E-state index contributed by atoms with van der Waals surface area (Å²) in [5.74, 6) is -1.60. The second kappa shape index (κ2) is 16.7. The van der Waals surface area contributed by atoms with Gasteiger partial charge in [0.25, 0.3) is 0 Å². The Morgan fingerprint density at radius 3 is 2.14 bits per heavy atom. The lowest BCUT2D eigenvalue weighted by atomic mass is 9.83. The number of likely N-dealkylation sites (tertiary alicyclic amines) is 1. The third-order valence-corrected chi connectivity index (χ3v) is 8.90. The van der Waals surface area contributed by atoms with E-state index in [4.69, 9.17) is 5.73 Å². The predicted molar refractivity (Wildman–Crippen MR) is 187 cm³/mol. The van der Waals surface area contributed by atoms with Gasteiger partial charge in [0.1, 0.15) is 18.1 Å². The number of rotatable bonds is 15. The monoisotopic (exact) mass is 674 g/mol. The average molecular weight is 675 g/mol. The Bertz CT molecular complexity index is 1570. The molecule has 264 valence electrons. The summed E-state index contributed by atoms with van der Waals surface area (Å²) in [6.45, 7) is 10.5. The first-order valence-corrected chi connectivity index (χ1v) is 17.3. The molecule has 2 aromatic rings. The molecule has 1 aliphatic carbocycles. The number of fused-ring (bicyclic) bond motifs is 2. The Kier molecular flexibility index (Phi) is 12.7. The van der Waals surface area contributed by atoms with Crippen molar-refractivity contribution < 1.29 is 28.8 Å². The van der Waals surface area contributed by atoms with Crippen LogP contribution in [0.25, 0.3) is 0 Å².